The van der Waals surface area contributed by atoms with Gasteiger partial charge in [0.2, 0.25) is 5.95 Å². The van der Waals surface area contributed by atoms with Crippen LogP contribution in [0.2, 0.25) is 5.02 Å². The zero-order valence-electron chi connectivity index (χ0n) is 17.2. The Hall–Kier alpha value is -2.45. The number of benzene rings is 1. The van der Waals surface area contributed by atoms with Crippen molar-refractivity contribution in [3.05, 3.63) is 64.6 Å². The summed E-state index contributed by atoms with van der Waals surface area (Å²) in [5.41, 5.74) is 4.55. The minimum absolute atomic E-state index is 0.121. The Labute approximate surface area is 181 Å². The van der Waals surface area contributed by atoms with Crippen LogP contribution in [0.5, 0.6) is 0 Å². The standard InChI is InChI=1S/C22H26ClN5O2/c1-13(2)25-21-24-9-14(3)20(26-21)16-8-18-11-28(22(30)27(18)10-16)19(12-29)15-5-4-6-17(23)7-15/h4-10,13,19,22,29-30H,11-12H2,1-3H3,(H,24,25,26)/t19-,22?/m1/s1. The van der Waals surface area contributed by atoms with Crippen LogP contribution < -0.4 is 5.32 Å². The van der Waals surface area contributed by atoms with Crippen molar-refractivity contribution in [3.8, 4) is 11.3 Å². The molecule has 3 aromatic rings. The van der Waals surface area contributed by atoms with Crippen molar-refractivity contribution < 1.29 is 10.2 Å². The van der Waals surface area contributed by atoms with Gasteiger partial charge in [0.15, 0.2) is 6.35 Å². The normalized spacial score (nSPS) is 17.4. The topological polar surface area (TPSA) is 86.4 Å². The third-order valence-corrected chi connectivity index (χ3v) is 5.53. The number of halogens is 1. The zero-order chi connectivity index (χ0) is 21.4. The molecule has 2 aromatic heterocycles. The predicted octanol–water partition coefficient (Wildman–Crippen LogP) is 3.72. The fraction of sp³-hybridized carbons (Fsp3) is 0.364. The lowest BCUT2D eigenvalue weighted by molar-refractivity contribution is -0.0708. The van der Waals surface area contributed by atoms with Crippen LogP contribution in [0.25, 0.3) is 11.3 Å². The first-order valence-electron chi connectivity index (χ1n) is 9.98. The highest BCUT2D eigenvalue weighted by molar-refractivity contribution is 6.30. The van der Waals surface area contributed by atoms with Gasteiger partial charge in [-0.25, -0.2) is 14.9 Å². The second-order valence-electron chi connectivity index (χ2n) is 7.92. The van der Waals surface area contributed by atoms with Crippen molar-refractivity contribution in [1.29, 1.82) is 0 Å². The van der Waals surface area contributed by atoms with Crippen LogP contribution in [0.4, 0.5) is 5.95 Å². The van der Waals surface area contributed by atoms with E-state index < -0.39 is 6.35 Å². The summed E-state index contributed by atoms with van der Waals surface area (Å²) in [6.45, 7) is 6.43. The molecule has 0 spiro atoms. The van der Waals surface area contributed by atoms with Gasteiger partial charge in [0.25, 0.3) is 0 Å². The molecule has 1 unspecified atom stereocenters. The number of rotatable bonds is 6. The predicted molar refractivity (Wildman–Crippen MR) is 117 cm³/mol. The van der Waals surface area contributed by atoms with Crippen LogP contribution >= 0.6 is 11.6 Å². The van der Waals surface area contributed by atoms with E-state index in [1.807, 2.05) is 60.7 Å². The summed E-state index contributed by atoms with van der Waals surface area (Å²) in [6, 6.07) is 9.28. The van der Waals surface area contributed by atoms with Gasteiger partial charge in [0.1, 0.15) is 0 Å². The maximum Gasteiger partial charge on any atom is 0.223 e. The summed E-state index contributed by atoms with van der Waals surface area (Å²) >= 11 is 6.12. The van der Waals surface area contributed by atoms with Gasteiger partial charge in [0.05, 0.1) is 18.3 Å². The Morgan fingerprint density at radius 3 is 2.77 bits per heavy atom. The summed E-state index contributed by atoms with van der Waals surface area (Å²) in [5.74, 6) is 0.584. The second-order valence-corrected chi connectivity index (χ2v) is 8.36. The smallest absolute Gasteiger partial charge is 0.223 e. The van der Waals surface area contributed by atoms with Gasteiger partial charge in [-0.2, -0.15) is 0 Å². The van der Waals surface area contributed by atoms with Gasteiger partial charge >= 0.3 is 0 Å². The molecule has 0 aliphatic carbocycles. The summed E-state index contributed by atoms with van der Waals surface area (Å²) in [5, 5.41) is 24.8. The lowest BCUT2D eigenvalue weighted by Crippen LogP contribution is -2.31. The molecule has 3 heterocycles. The van der Waals surface area contributed by atoms with E-state index in [2.05, 4.69) is 15.3 Å². The molecule has 8 heteroatoms. The molecule has 0 amide bonds. The van der Waals surface area contributed by atoms with Gasteiger partial charge in [-0.05, 0) is 50.1 Å². The first-order chi connectivity index (χ1) is 14.4. The number of nitrogens with zero attached hydrogens (tertiary/aromatic N) is 4. The minimum Gasteiger partial charge on any atom is -0.394 e. The fourth-order valence-corrected chi connectivity index (χ4v) is 4.07. The quantitative estimate of drug-likeness (QED) is 0.555. The molecule has 1 aliphatic rings. The number of aromatic nitrogens is 3. The summed E-state index contributed by atoms with van der Waals surface area (Å²) < 4.78 is 1.82. The van der Waals surface area contributed by atoms with Crippen LogP contribution in [-0.4, -0.2) is 42.3 Å². The minimum atomic E-state index is -0.889. The first-order valence-corrected chi connectivity index (χ1v) is 10.4. The van der Waals surface area contributed by atoms with E-state index in [1.165, 1.54) is 0 Å². The molecule has 0 fully saturated rings. The molecule has 158 valence electrons. The van der Waals surface area contributed by atoms with Crippen molar-refractivity contribution in [2.75, 3.05) is 11.9 Å². The van der Waals surface area contributed by atoms with Crippen molar-refractivity contribution in [2.45, 2.75) is 45.8 Å². The lowest BCUT2D eigenvalue weighted by atomic mass is 10.1. The van der Waals surface area contributed by atoms with E-state index in [9.17, 15) is 10.2 Å². The number of nitrogens with one attached hydrogen (secondary N) is 1. The SMILES string of the molecule is Cc1cnc(NC(C)C)nc1-c1cc2n(c1)C(O)N([C@H](CO)c1cccc(Cl)c1)C2. The Morgan fingerprint density at radius 2 is 2.10 bits per heavy atom. The number of anilines is 1. The maximum atomic E-state index is 11.0. The van der Waals surface area contributed by atoms with Gasteiger partial charge in [-0.15, -0.1) is 0 Å². The third-order valence-electron chi connectivity index (χ3n) is 5.29. The van der Waals surface area contributed by atoms with E-state index >= 15 is 0 Å². The van der Waals surface area contributed by atoms with Crippen LogP contribution in [0.1, 0.15) is 43.1 Å². The van der Waals surface area contributed by atoms with Gasteiger partial charge in [-0.1, -0.05) is 23.7 Å². The van der Waals surface area contributed by atoms with Gasteiger partial charge in [-0.3, -0.25) is 0 Å². The monoisotopic (exact) mass is 427 g/mol. The Balaban J connectivity index is 1.61. The molecular weight excluding hydrogens is 402 g/mol. The number of aliphatic hydroxyl groups excluding tert-OH is 2. The highest BCUT2D eigenvalue weighted by Gasteiger charge is 2.34. The second kappa shape index (κ2) is 8.35. The number of hydrogen-bond donors (Lipinski definition) is 3. The van der Waals surface area contributed by atoms with E-state index in [4.69, 9.17) is 11.6 Å². The van der Waals surface area contributed by atoms with Crippen LogP contribution in [-0.2, 0) is 6.54 Å². The summed E-state index contributed by atoms with van der Waals surface area (Å²) in [4.78, 5) is 10.9. The van der Waals surface area contributed by atoms with Crippen molar-refractivity contribution >= 4 is 17.5 Å². The molecule has 0 radical (unpaired) electrons. The molecule has 0 bridgehead atoms. The summed E-state index contributed by atoms with van der Waals surface area (Å²) in [7, 11) is 0. The highest BCUT2D eigenvalue weighted by atomic mass is 35.5. The molecule has 3 N–H and O–H groups in total. The largest absolute Gasteiger partial charge is 0.394 e. The van der Waals surface area contributed by atoms with Crippen molar-refractivity contribution in [1.82, 2.24) is 19.4 Å². The Morgan fingerprint density at radius 1 is 1.30 bits per heavy atom. The Bertz CT molecular complexity index is 1050. The average Bonchev–Trinajstić information content (AvgIpc) is 3.24. The van der Waals surface area contributed by atoms with Gasteiger partial charge < -0.3 is 20.1 Å². The number of aliphatic hydroxyl groups is 2. The number of hydrogen-bond acceptors (Lipinski definition) is 6. The third kappa shape index (κ3) is 3.94. The Kier molecular flexibility index (Phi) is 5.79. The van der Waals surface area contributed by atoms with E-state index in [1.54, 1.807) is 12.3 Å². The van der Waals surface area contributed by atoms with Gasteiger partial charge in [0, 0.05) is 41.3 Å². The molecule has 0 saturated carbocycles. The zero-order valence-corrected chi connectivity index (χ0v) is 18.0. The summed E-state index contributed by atoms with van der Waals surface area (Å²) in [6.07, 6.45) is 2.82. The molecular formula is C22H26ClN5O2. The average molecular weight is 428 g/mol. The molecule has 7 nitrogen and oxygen atoms in total. The van der Waals surface area contributed by atoms with Crippen LogP contribution in [0.3, 0.4) is 0 Å². The number of aryl methyl sites for hydroxylation is 1. The molecule has 1 aromatic carbocycles. The number of fused-ring (bicyclic) bond motifs is 1. The molecule has 2 atom stereocenters. The first kappa shape index (κ1) is 20.8. The maximum absolute atomic E-state index is 11.0. The van der Waals surface area contributed by atoms with E-state index in [0.717, 1.165) is 28.1 Å². The molecule has 30 heavy (non-hydrogen) atoms. The van der Waals surface area contributed by atoms with Crippen LogP contribution in [0.15, 0.2) is 42.7 Å². The van der Waals surface area contributed by atoms with Crippen LogP contribution in [0, 0.1) is 6.92 Å². The molecule has 4 rings (SSSR count). The molecule has 1 aliphatic heterocycles. The molecule has 0 saturated heterocycles. The van der Waals surface area contributed by atoms with Crippen molar-refractivity contribution in [3.63, 3.8) is 0 Å². The lowest BCUT2D eigenvalue weighted by Gasteiger charge is -2.29. The van der Waals surface area contributed by atoms with E-state index in [0.29, 0.717) is 17.5 Å². The fourth-order valence-electron chi connectivity index (χ4n) is 3.87. The van der Waals surface area contributed by atoms with E-state index in [-0.39, 0.29) is 18.7 Å². The highest BCUT2D eigenvalue weighted by Crippen LogP contribution is 2.37. The van der Waals surface area contributed by atoms with Crippen molar-refractivity contribution in [2.24, 2.45) is 0 Å².